The summed E-state index contributed by atoms with van der Waals surface area (Å²) >= 11 is 0. The zero-order valence-electron chi connectivity index (χ0n) is 17.4. The second kappa shape index (κ2) is 7.95. The Morgan fingerprint density at radius 3 is 2.59 bits per heavy atom. The fourth-order valence-electron chi connectivity index (χ4n) is 3.72. The summed E-state index contributed by atoms with van der Waals surface area (Å²) in [6.07, 6.45) is 7.56. The molecule has 1 aromatic carbocycles. The third-order valence-corrected chi connectivity index (χ3v) is 4.98. The molecule has 4 nitrogen and oxygen atoms in total. The molecule has 0 saturated heterocycles. The summed E-state index contributed by atoms with van der Waals surface area (Å²) in [5, 5.41) is 6.13. The van der Waals surface area contributed by atoms with Gasteiger partial charge in [0.05, 0.1) is 5.69 Å². The molecule has 0 aliphatic rings. The first-order chi connectivity index (χ1) is 13.0. The molecule has 0 fully saturated rings. The van der Waals surface area contributed by atoms with E-state index in [1.54, 1.807) is 0 Å². The summed E-state index contributed by atoms with van der Waals surface area (Å²) in [6, 6.07) is 8.62. The Kier molecular flexibility index (Phi) is 5.64. The molecule has 0 unspecified atom stereocenters. The predicted octanol–water partition coefficient (Wildman–Crippen LogP) is 5.60. The van der Waals surface area contributed by atoms with E-state index in [1.165, 1.54) is 22.2 Å². The third kappa shape index (κ3) is 3.61. The molecule has 0 N–H and O–H groups in total. The largest absolute Gasteiger partial charge is 0.363 e. The smallest absolute Gasteiger partial charge is 0.128 e. The molecule has 0 atom stereocenters. The number of allylic oxidation sites excluding steroid dienone is 2. The molecule has 4 heteroatoms. The lowest BCUT2D eigenvalue weighted by Crippen LogP contribution is -2.10. The van der Waals surface area contributed by atoms with Crippen LogP contribution >= 0.6 is 0 Å². The summed E-state index contributed by atoms with van der Waals surface area (Å²) in [5.74, 6) is 0.973. The van der Waals surface area contributed by atoms with E-state index in [1.807, 2.05) is 29.9 Å². The van der Waals surface area contributed by atoms with Gasteiger partial charge in [-0.1, -0.05) is 44.5 Å². The molecule has 0 amide bonds. The third-order valence-electron chi connectivity index (χ3n) is 4.98. The van der Waals surface area contributed by atoms with Crippen molar-refractivity contribution in [2.75, 3.05) is 19.0 Å². The Bertz CT molecular complexity index is 979. The van der Waals surface area contributed by atoms with Gasteiger partial charge in [0.25, 0.3) is 0 Å². The van der Waals surface area contributed by atoms with Gasteiger partial charge in [-0.2, -0.15) is 5.10 Å². The molecule has 27 heavy (non-hydrogen) atoms. The first kappa shape index (κ1) is 19.2. The number of aromatic nitrogens is 3. The highest BCUT2D eigenvalue weighted by molar-refractivity contribution is 6.00. The lowest BCUT2D eigenvalue weighted by Gasteiger charge is -2.14. The maximum Gasteiger partial charge on any atom is 0.128 e. The fourth-order valence-corrected chi connectivity index (χ4v) is 3.72. The molecule has 3 aromatic rings. The van der Waals surface area contributed by atoms with Crippen LogP contribution in [0.15, 0.2) is 36.5 Å². The number of aryl methyl sites for hydroxylation is 2. The van der Waals surface area contributed by atoms with Crippen LogP contribution in [0.5, 0.6) is 0 Å². The Morgan fingerprint density at radius 2 is 1.96 bits per heavy atom. The van der Waals surface area contributed by atoms with Crippen LogP contribution in [0, 0.1) is 6.92 Å². The highest BCUT2D eigenvalue weighted by Gasteiger charge is 2.17. The van der Waals surface area contributed by atoms with Gasteiger partial charge in [-0.15, -0.1) is 0 Å². The summed E-state index contributed by atoms with van der Waals surface area (Å²) in [7, 11) is 6.09. The molecule has 0 radical (unpaired) electrons. The number of anilines is 1. The van der Waals surface area contributed by atoms with Gasteiger partial charge < -0.3 is 4.90 Å². The number of hydrogen-bond acceptors (Lipinski definition) is 3. The first-order valence-electron chi connectivity index (χ1n) is 9.77. The number of hydrogen-bond donors (Lipinski definition) is 0. The van der Waals surface area contributed by atoms with Gasteiger partial charge in [-0.05, 0) is 37.0 Å². The van der Waals surface area contributed by atoms with Crippen molar-refractivity contribution in [1.29, 1.82) is 0 Å². The Hall–Kier alpha value is -2.62. The van der Waals surface area contributed by atoms with Crippen molar-refractivity contribution in [3.05, 3.63) is 47.8 Å². The molecule has 3 rings (SSSR count). The second-order valence-electron chi connectivity index (χ2n) is 7.31. The monoisotopic (exact) mass is 362 g/mol. The topological polar surface area (TPSA) is 34.0 Å². The Labute approximate surface area is 162 Å². The normalized spacial score (nSPS) is 12.0. The molecule has 0 bridgehead atoms. The summed E-state index contributed by atoms with van der Waals surface area (Å²) in [5.41, 5.74) is 7.19. The zero-order valence-corrected chi connectivity index (χ0v) is 17.4. The van der Waals surface area contributed by atoms with E-state index in [-0.39, 0.29) is 0 Å². The van der Waals surface area contributed by atoms with E-state index in [0.717, 1.165) is 41.7 Å². The van der Waals surface area contributed by atoms with E-state index in [4.69, 9.17) is 5.10 Å². The van der Waals surface area contributed by atoms with Gasteiger partial charge in [-0.25, -0.2) is 4.98 Å². The van der Waals surface area contributed by atoms with E-state index >= 15 is 0 Å². The molecule has 0 aliphatic carbocycles. The average molecular weight is 363 g/mol. The minimum absolute atomic E-state index is 0.973. The van der Waals surface area contributed by atoms with Crippen molar-refractivity contribution in [3.63, 3.8) is 0 Å². The van der Waals surface area contributed by atoms with Crippen LogP contribution < -0.4 is 4.90 Å². The number of benzene rings is 1. The maximum atomic E-state index is 4.91. The number of fused-ring (bicyclic) bond motifs is 1. The highest BCUT2D eigenvalue weighted by Crippen LogP contribution is 2.35. The van der Waals surface area contributed by atoms with Crippen LogP contribution in [0.1, 0.15) is 44.4 Å². The van der Waals surface area contributed by atoms with Crippen LogP contribution in [0.4, 0.5) is 5.82 Å². The van der Waals surface area contributed by atoms with Gasteiger partial charge in [0.2, 0.25) is 0 Å². The fraction of sp³-hybridized carbons (Fsp3) is 0.391. The van der Waals surface area contributed by atoms with Crippen LogP contribution in [-0.2, 0) is 7.05 Å². The molecule has 0 saturated carbocycles. The molecule has 142 valence electrons. The quantitative estimate of drug-likeness (QED) is 0.572. The number of pyridine rings is 1. The van der Waals surface area contributed by atoms with Gasteiger partial charge in [-0.3, -0.25) is 4.68 Å². The lowest BCUT2D eigenvalue weighted by atomic mass is 9.97. The van der Waals surface area contributed by atoms with Gasteiger partial charge >= 0.3 is 0 Å². The van der Waals surface area contributed by atoms with Crippen LogP contribution in [0.3, 0.4) is 0 Å². The van der Waals surface area contributed by atoms with Crippen LogP contribution in [-0.4, -0.2) is 28.9 Å². The van der Waals surface area contributed by atoms with Gasteiger partial charge in [0.15, 0.2) is 0 Å². The van der Waals surface area contributed by atoms with Crippen LogP contribution in [0.2, 0.25) is 0 Å². The molecular weight excluding hydrogens is 332 g/mol. The molecule has 2 heterocycles. The van der Waals surface area contributed by atoms with Crippen molar-refractivity contribution in [1.82, 2.24) is 14.8 Å². The molecular formula is C23H30N4. The molecule has 2 aromatic heterocycles. The molecule has 0 aliphatic heterocycles. The standard InChI is InChI=1S/C23H30N4/c1-7-10-17(11-8-2)23-19-13-9-12-18(22(19)25-27(23)6)20-15-24-21(26(4)5)14-16(20)3/h9-10,12-15H,7-8,11H2,1-6H3/b17-10+. The Balaban J connectivity index is 2.20. The summed E-state index contributed by atoms with van der Waals surface area (Å²) < 4.78 is 2.04. The first-order valence-corrected chi connectivity index (χ1v) is 9.77. The van der Waals surface area contributed by atoms with Crippen molar-refractivity contribution in [2.45, 2.75) is 40.0 Å². The minimum atomic E-state index is 0.973. The minimum Gasteiger partial charge on any atom is -0.363 e. The van der Waals surface area contributed by atoms with Gasteiger partial charge in [0, 0.05) is 43.9 Å². The lowest BCUT2D eigenvalue weighted by molar-refractivity contribution is 0.760. The van der Waals surface area contributed by atoms with E-state index in [0.29, 0.717) is 0 Å². The van der Waals surface area contributed by atoms with Crippen molar-refractivity contribution < 1.29 is 0 Å². The number of nitrogens with zero attached hydrogens (tertiary/aromatic N) is 4. The SMILES string of the molecule is CC/C=C(\CCC)c1c2cccc(-c3cnc(N(C)C)cc3C)c2nn1C. The summed E-state index contributed by atoms with van der Waals surface area (Å²) in [6.45, 7) is 6.57. The van der Waals surface area contributed by atoms with E-state index in [9.17, 15) is 0 Å². The second-order valence-corrected chi connectivity index (χ2v) is 7.31. The van der Waals surface area contributed by atoms with E-state index < -0.39 is 0 Å². The Morgan fingerprint density at radius 1 is 1.19 bits per heavy atom. The zero-order chi connectivity index (χ0) is 19.6. The average Bonchev–Trinajstić information content (AvgIpc) is 2.97. The molecule has 0 spiro atoms. The highest BCUT2D eigenvalue weighted by atomic mass is 15.3. The maximum absolute atomic E-state index is 4.91. The van der Waals surface area contributed by atoms with Crippen molar-refractivity contribution >= 4 is 22.3 Å². The van der Waals surface area contributed by atoms with Crippen molar-refractivity contribution in [3.8, 4) is 11.1 Å². The number of rotatable bonds is 6. The van der Waals surface area contributed by atoms with Crippen LogP contribution in [0.25, 0.3) is 27.6 Å². The summed E-state index contributed by atoms with van der Waals surface area (Å²) in [4.78, 5) is 6.66. The van der Waals surface area contributed by atoms with Crippen molar-refractivity contribution in [2.24, 2.45) is 7.05 Å². The van der Waals surface area contributed by atoms with E-state index in [2.05, 4.69) is 63.1 Å². The van der Waals surface area contributed by atoms with Gasteiger partial charge in [0.1, 0.15) is 11.3 Å². The predicted molar refractivity (Wildman–Crippen MR) is 116 cm³/mol.